The van der Waals surface area contributed by atoms with E-state index in [9.17, 15) is 0 Å². The van der Waals surface area contributed by atoms with Crippen molar-refractivity contribution in [2.24, 2.45) is 0 Å². The van der Waals surface area contributed by atoms with E-state index in [4.69, 9.17) is 25.6 Å². The van der Waals surface area contributed by atoms with Crippen LogP contribution in [0.5, 0.6) is 11.5 Å². The molecule has 0 N–H and O–H groups in total. The SMILES string of the molecule is COc1cccc(-c2nc(-c3cc(Cl)ccc3OC)no2)c1. The van der Waals surface area contributed by atoms with Gasteiger partial charge in [0, 0.05) is 10.6 Å². The molecule has 0 unspecified atom stereocenters. The van der Waals surface area contributed by atoms with Crippen molar-refractivity contribution in [2.45, 2.75) is 0 Å². The predicted octanol–water partition coefficient (Wildman–Crippen LogP) is 4.07. The van der Waals surface area contributed by atoms with E-state index in [-0.39, 0.29) is 0 Å². The van der Waals surface area contributed by atoms with Crippen molar-refractivity contribution in [3.05, 3.63) is 47.5 Å². The Bertz CT molecular complexity index is 802. The Morgan fingerprint density at radius 1 is 1.05 bits per heavy atom. The van der Waals surface area contributed by atoms with E-state index in [1.54, 1.807) is 32.4 Å². The molecule has 1 heterocycles. The second kappa shape index (κ2) is 6.07. The van der Waals surface area contributed by atoms with Crippen molar-refractivity contribution in [2.75, 3.05) is 14.2 Å². The molecule has 0 atom stereocenters. The van der Waals surface area contributed by atoms with E-state index < -0.39 is 0 Å². The molecule has 0 bridgehead atoms. The second-order valence-electron chi connectivity index (χ2n) is 4.50. The third-order valence-corrected chi connectivity index (χ3v) is 3.38. The summed E-state index contributed by atoms with van der Waals surface area (Å²) in [6.07, 6.45) is 0. The van der Waals surface area contributed by atoms with Gasteiger partial charge in [-0.05, 0) is 36.4 Å². The lowest BCUT2D eigenvalue weighted by Gasteiger charge is -2.04. The summed E-state index contributed by atoms with van der Waals surface area (Å²) in [5.41, 5.74) is 1.45. The summed E-state index contributed by atoms with van der Waals surface area (Å²) in [6, 6.07) is 12.6. The fourth-order valence-corrected chi connectivity index (χ4v) is 2.23. The second-order valence-corrected chi connectivity index (χ2v) is 4.94. The highest BCUT2D eigenvalue weighted by molar-refractivity contribution is 6.30. The summed E-state index contributed by atoms with van der Waals surface area (Å²) in [7, 11) is 3.19. The lowest BCUT2D eigenvalue weighted by molar-refractivity contribution is 0.411. The molecule has 0 saturated carbocycles. The van der Waals surface area contributed by atoms with Gasteiger partial charge in [-0.15, -0.1) is 0 Å². The maximum atomic E-state index is 6.03. The van der Waals surface area contributed by atoms with Gasteiger partial charge < -0.3 is 14.0 Å². The zero-order valence-electron chi connectivity index (χ0n) is 12.0. The minimum Gasteiger partial charge on any atom is -0.497 e. The molecule has 3 aromatic rings. The highest BCUT2D eigenvalue weighted by Gasteiger charge is 2.15. The first-order valence-electron chi connectivity index (χ1n) is 6.53. The van der Waals surface area contributed by atoms with Gasteiger partial charge in [-0.25, -0.2) is 0 Å². The molecule has 3 rings (SSSR count). The van der Waals surface area contributed by atoms with Crippen LogP contribution in [0.2, 0.25) is 5.02 Å². The molecule has 0 fully saturated rings. The van der Waals surface area contributed by atoms with Gasteiger partial charge in [0.2, 0.25) is 5.82 Å². The van der Waals surface area contributed by atoms with Crippen molar-refractivity contribution >= 4 is 11.6 Å². The molecule has 0 aliphatic carbocycles. The molecule has 0 aliphatic rings. The van der Waals surface area contributed by atoms with Gasteiger partial charge in [0.1, 0.15) is 11.5 Å². The quantitative estimate of drug-likeness (QED) is 0.726. The number of rotatable bonds is 4. The number of halogens is 1. The summed E-state index contributed by atoms with van der Waals surface area (Å²) in [4.78, 5) is 4.40. The summed E-state index contributed by atoms with van der Waals surface area (Å²) in [5, 5.41) is 4.58. The minimum atomic E-state index is 0.399. The number of hydrogen-bond acceptors (Lipinski definition) is 5. The van der Waals surface area contributed by atoms with Crippen LogP contribution in [0.1, 0.15) is 0 Å². The number of aromatic nitrogens is 2. The Kier molecular flexibility index (Phi) is 3.98. The number of nitrogens with zero attached hydrogens (tertiary/aromatic N) is 2. The van der Waals surface area contributed by atoms with Crippen LogP contribution in [-0.2, 0) is 0 Å². The molecule has 112 valence electrons. The molecule has 5 nitrogen and oxygen atoms in total. The average molecular weight is 317 g/mol. The molecule has 2 aromatic carbocycles. The number of hydrogen-bond donors (Lipinski definition) is 0. The highest BCUT2D eigenvalue weighted by atomic mass is 35.5. The molecular weight excluding hydrogens is 304 g/mol. The third kappa shape index (κ3) is 2.76. The van der Waals surface area contributed by atoms with Gasteiger partial charge in [-0.1, -0.05) is 22.8 Å². The number of benzene rings is 2. The average Bonchev–Trinajstić information content (AvgIpc) is 3.05. The third-order valence-electron chi connectivity index (χ3n) is 3.15. The van der Waals surface area contributed by atoms with Crippen molar-refractivity contribution in [3.8, 4) is 34.3 Å². The first-order chi connectivity index (χ1) is 10.7. The van der Waals surface area contributed by atoms with Gasteiger partial charge in [0.25, 0.3) is 5.89 Å². The normalized spacial score (nSPS) is 10.5. The Hall–Kier alpha value is -2.53. The van der Waals surface area contributed by atoms with Crippen LogP contribution >= 0.6 is 11.6 Å². The first kappa shape index (κ1) is 14.4. The van der Waals surface area contributed by atoms with E-state index in [0.29, 0.717) is 28.1 Å². The van der Waals surface area contributed by atoms with Crippen LogP contribution in [0.4, 0.5) is 0 Å². The number of ether oxygens (including phenoxy) is 2. The van der Waals surface area contributed by atoms with Crippen LogP contribution in [0.3, 0.4) is 0 Å². The van der Waals surface area contributed by atoms with Crippen molar-refractivity contribution in [3.63, 3.8) is 0 Å². The van der Waals surface area contributed by atoms with Crippen LogP contribution in [0.15, 0.2) is 47.0 Å². The van der Waals surface area contributed by atoms with E-state index in [1.807, 2.05) is 24.3 Å². The standard InChI is InChI=1S/C16H13ClN2O3/c1-20-12-5-3-4-10(8-12)16-18-15(19-22-16)13-9-11(17)6-7-14(13)21-2/h3-9H,1-2H3. The molecule has 1 aromatic heterocycles. The fraction of sp³-hybridized carbons (Fsp3) is 0.125. The van der Waals surface area contributed by atoms with Gasteiger partial charge >= 0.3 is 0 Å². The molecule has 0 aliphatic heterocycles. The topological polar surface area (TPSA) is 57.4 Å². The largest absolute Gasteiger partial charge is 0.497 e. The Balaban J connectivity index is 2.02. The Morgan fingerprint density at radius 2 is 1.91 bits per heavy atom. The van der Waals surface area contributed by atoms with Gasteiger partial charge in [0.15, 0.2) is 0 Å². The summed E-state index contributed by atoms with van der Waals surface area (Å²) >= 11 is 6.03. The maximum Gasteiger partial charge on any atom is 0.258 e. The maximum absolute atomic E-state index is 6.03. The molecular formula is C16H13ClN2O3. The van der Waals surface area contributed by atoms with Crippen molar-refractivity contribution in [1.82, 2.24) is 10.1 Å². The minimum absolute atomic E-state index is 0.399. The zero-order chi connectivity index (χ0) is 15.5. The van der Waals surface area contributed by atoms with Crippen molar-refractivity contribution < 1.29 is 14.0 Å². The van der Waals surface area contributed by atoms with E-state index in [1.165, 1.54) is 0 Å². The van der Waals surface area contributed by atoms with Gasteiger partial charge in [-0.2, -0.15) is 4.98 Å². The lowest BCUT2D eigenvalue weighted by Crippen LogP contribution is -1.89. The monoisotopic (exact) mass is 316 g/mol. The van der Waals surface area contributed by atoms with E-state index in [2.05, 4.69) is 10.1 Å². The Labute approximate surface area is 132 Å². The van der Waals surface area contributed by atoms with Crippen LogP contribution in [-0.4, -0.2) is 24.4 Å². The van der Waals surface area contributed by atoms with Crippen LogP contribution in [0.25, 0.3) is 22.8 Å². The zero-order valence-corrected chi connectivity index (χ0v) is 12.8. The number of methoxy groups -OCH3 is 2. The lowest BCUT2D eigenvalue weighted by atomic mass is 10.2. The fourth-order valence-electron chi connectivity index (χ4n) is 2.06. The van der Waals surface area contributed by atoms with Crippen LogP contribution < -0.4 is 9.47 Å². The molecule has 0 saturated heterocycles. The highest BCUT2D eigenvalue weighted by Crippen LogP contribution is 2.32. The van der Waals surface area contributed by atoms with E-state index in [0.717, 1.165) is 11.3 Å². The van der Waals surface area contributed by atoms with Crippen LogP contribution in [0, 0.1) is 0 Å². The Morgan fingerprint density at radius 3 is 2.68 bits per heavy atom. The van der Waals surface area contributed by atoms with Gasteiger partial charge in [0.05, 0.1) is 19.8 Å². The summed E-state index contributed by atoms with van der Waals surface area (Å²) in [6.45, 7) is 0. The first-order valence-corrected chi connectivity index (χ1v) is 6.91. The van der Waals surface area contributed by atoms with E-state index >= 15 is 0 Å². The molecule has 22 heavy (non-hydrogen) atoms. The smallest absolute Gasteiger partial charge is 0.258 e. The summed E-state index contributed by atoms with van der Waals surface area (Å²) < 4.78 is 15.8. The molecule has 0 amide bonds. The van der Waals surface area contributed by atoms with Gasteiger partial charge in [-0.3, -0.25) is 0 Å². The predicted molar refractivity (Wildman–Crippen MR) is 83.3 cm³/mol. The van der Waals surface area contributed by atoms with Crippen molar-refractivity contribution in [1.29, 1.82) is 0 Å². The molecule has 0 radical (unpaired) electrons. The molecule has 6 heteroatoms. The summed E-state index contributed by atoms with van der Waals surface area (Å²) in [5.74, 6) is 2.16. The molecule has 0 spiro atoms.